The Kier molecular flexibility index (Phi) is 9.32. The van der Waals surface area contributed by atoms with Crippen LogP contribution in [0.4, 0.5) is 10.8 Å². The van der Waals surface area contributed by atoms with Crippen LogP contribution in [-0.2, 0) is 26.2 Å². The number of rotatable bonds is 12. The van der Waals surface area contributed by atoms with Crippen molar-refractivity contribution in [3.05, 3.63) is 39.9 Å². The number of primary amides is 1. The van der Waals surface area contributed by atoms with Crippen LogP contribution in [0.3, 0.4) is 0 Å². The van der Waals surface area contributed by atoms with E-state index < -0.39 is 28.3 Å². The summed E-state index contributed by atoms with van der Waals surface area (Å²) in [4.78, 5) is 42.7. The summed E-state index contributed by atoms with van der Waals surface area (Å²) in [5.74, 6) is -1.67. The van der Waals surface area contributed by atoms with Crippen LogP contribution >= 0.6 is 22.9 Å². The highest BCUT2D eigenvalue weighted by molar-refractivity contribution is 7.88. The van der Waals surface area contributed by atoms with Crippen LogP contribution in [0.1, 0.15) is 55.1 Å². The van der Waals surface area contributed by atoms with Crippen molar-refractivity contribution in [1.29, 1.82) is 0 Å². The zero-order chi connectivity index (χ0) is 23.9. The molecule has 0 aliphatic heterocycles. The molecule has 12 heteroatoms. The van der Waals surface area contributed by atoms with Gasteiger partial charge >= 0.3 is 0 Å². The molecule has 0 radical (unpaired) electrons. The summed E-state index contributed by atoms with van der Waals surface area (Å²) < 4.78 is 25.3. The first-order chi connectivity index (χ1) is 15.0. The first-order valence-corrected chi connectivity index (χ1v) is 13.0. The molecule has 0 saturated carbocycles. The molecule has 0 aliphatic rings. The van der Waals surface area contributed by atoms with Gasteiger partial charge in [-0.3, -0.25) is 19.3 Å². The monoisotopic (exact) mass is 500 g/mol. The van der Waals surface area contributed by atoms with Crippen molar-refractivity contribution in [2.45, 2.75) is 45.6 Å². The van der Waals surface area contributed by atoms with Crippen LogP contribution in [0.25, 0.3) is 0 Å². The summed E-state index contributed by atoms with van der Waals surface area (Å²) in [5, 5.41) is 0.0976. The third-order valence-corrected chi connectivity index (χ3v) is 6.35. The number of Topliss-reactive ketones (excluding diaryl/α,β-unsaturated/α-hetero) is 1. The molecule has 0 spiro atoms. The lowest BCUT2D eigenvalue weighted by Gasteiger charge is -2.22. The SMILES string of the molecule is CCCCCC(=O)c1ccccc1N(C(=O)CC(N)=O)c1nc(CNS(C)(=O)=O)c(Cl)s1. The van der Waals surface area contributed by atoms with E-state index in [2.05, 4.69) is 9.71 Å². The summed E-state index contributed by atoms with van der Waals surface area (Å²) in [5.41, 5.74) is 6.00. The number of hydrogen-bond acceptors (Lipinski definition) is 7. The predicted octanol–water partition coefficient (Wildman–Crippen LogP) is 3.15. The molecule has 1 heterocycles. The van der Waals surface area contributed by atoms with E-state index in [0.717, 1.165) is 35.3 Å². The third kappa shape index (κ3) is 7.37. The van der Waals surface area contributed by atoms with Gasteiger partial charge in [-0.1, -0.05) is 54.8 Å². The maximum absolute atomic E-state index is 13.0. The largest absolute Gasteiger partial charge is 0.369 e. The van der Waals surface area contributed by atoms with E-state index >= 15 is 0 Å². The second kappa shape index (κ2) is 11.5. The fraction of sp³-hybridized carbons (Fsp3) is 0.400. The number of ketones is 1. The molecule has 0 bridgehead atoms. The lowest BCUT2D eigenvalue weighted by atomic mass is 10.0. The summed E-state index contributed by atoms with van der Waals surface area (Å²) in [6.07, 6.45) is 3.27. The van der Waals surface area contributed by atoms with Gasteiger partial charge in [0.25, 0.3) is 0 Å². The predicted molar refractivity (Wildman–Crippen MR) is 125 cm³/mol. The van der Waals surface area contributed by atoms with Crippen molar-refractivity contribution in [1.82, 2.24) is 9.71 Å². The van der Waals surface area contributed by atoms with E-state index in [4.69, 9.17) is 17.3 Å². The second-order valence-corrected chi connectivity index (χ2v) is 10.5. The number of amides is 2. The minimum atomic E-state index is -3.49. The number of nitrogens with one attached hydrogen (secondary N) is 1. The van der Waals surface area contributed by atoms with E-state index in [1.165, 1.54) is 0 Å². The maximum Gasteiger partial charge on any atom is 0.242 e. The fourth-order valence-corrected chi connectivity index (χ4v) is 4.43. The van der Waals surface area contributed by atoms with Gasteiger partial charge in [0.15, 0.2) is 10.9 Å². The van der Waals surface area contributed by atoms with Gasteiger partial charge in [-0.05, 0) is 18.6 Å². The number of aromatic nitrogens is 1. The van der Waals surface area contributed by atoms with E-state index in [-0.39, 0.29) is 33.2 Å². The zero-order valence-corrected chi connectivity index (χ0v) is 20.1. The fourth-order valence-electron chi connectivity index (χ4n) is 2.87. The van der Waals surface area contributed by atoms with Gasteiger partial charge in [0, 0.05) is 12.0 Å². The number of halogens is 1. The molecule has 1 aromatic carbocycles. The number of carbonyl (C=O) groups is 3. The summed E-state index contributed by atoms with van der Waals surface area (Å²) in [6, 6.07) is 6.53. The number of nitrogens with two attached hydrogens (primary N) is 1. The minimum absolute atomic E-state index is 0.0976. The van der Waals surface area contributed by atoms with Crippen LogP contribution in [0.15, 0.2) is 24.3 Å². The number of anilines is 2. The molecule has 0 saturated heterocycles. The van der Waals surface area contributed by atoms with Gasteiger partial charge < -0.3 is 5.73 Å². The van der Waals surface area contributed by atoms with Gasteiger partial charge in [-0.15, -0.1) is 0 Å². The summed E-state index contributed by atoms with van der Waals surface area (Å²) in [7, 11) is -3.49. The van der Waals surface area contributed by atoms with Crippen molar-refractivity contribution in [2.24, 2.45) is 5.73 Å². The average Bonchev–Trinajstić information content (AvgIpc) is 3.06. The normalized spacial score (nSPS) is 11.3. The molecule has 2 rings (SSSR count). The highest BCUT2D eigenvalue weighted by Gasteiger charge is 2.28. The number of nitrogens with zero attached hydrogens (tertiary/aromatic N) is 2. The van der Waals surface area contributed by atoms with Crippen molar-refractivity contribution in [3.63, 3.8) is 0 Å². The number of carbonyl (C=O) groups excluding carboxylic acids is 3. The van der Waals surface area contributed by atoms with Crippen molar-refractivity contribution < 1.29 is 22.8 Å². The molecule has 3 N–H and O–H groups in total. The number of benzene rings is 1. The first-order valence-electron chi connectivity index (χ1n) is 9.86. The number of unbranched alkanes of at least 4 members (excludes halogenated alkanes) is 2. The minimum Gasteiger partial charge on any atom is -0.369 e. The Labute approximate surface area is 196 Å². The molecule has 2 aromatic rings. The van der Waals surface area contributed by atoms with Gasteiger partial charge in [0.1, 0.15) is 10.8 Å². The molecule has 174 valence electrons. The quantitative estimate of drug-likeness (QED) is 0.260. The van der Waals surface area contributed by atoms with Crippen LogP contribution in [0.5, 0.6) is 0 Å². The molecule has 9 nitrogen and oxygen atoms in total. The van der Waals surface area contributed by atoms with Gasteiger partial charge in [0.05, 0.1) is 24.2 Å². The van der Waals surface area contributed by atoms with E-state index in [1.807, 2.05) is 6.92 Å². The smallest absolute Gasteiger partial charge is 0.242 e. The highest BCUT2D eigenvalue weighted by Crippen LogP contribution is 2.37. The van der Waals surface area contributed by atoms with E-state index in [1.54, 1.807) is 24.3 Å². The zero-order valence-electron chi connectivity index (χ0n) is 17.8. The summed E-state index contributed by atoms with van der Waals surface area (Å²) in [6.45, 7) is 1.86. The Morgan fingerprint density at radius 2 is 1.91 bits per heavy atom. The first kappa shape index (κ1) is 25.9. The number of thiazole rings is 1. The Morgan fingerprint density at radius 3 is 2.53 bits per heavy atom. The molecule has 2 amide bonds. The number of para-hydroxylation sites is 1. The molecule has 0 unspecified atom stereocenters. The lowest BCUT2D eigenvalue weighted by molar-refractivity contribution is -0.125. The van der Waals surface area contributed by atoms with E-state index in [0.29, 0.717) is 18.4 Å². The van der Waals surface area contributed by atoms with Crippen molar-refractivity contribution in [2.75, 3.05) is 11.2 Å². The third-order valence-electron chi connectivity index (χ3n) is 4.36. The molecular weight excluding hydrogens is 476 g/mol. The van der Waals surface area contributed by atoms with Crippen LogP contribution in [-0.4, -0.2) is 37.3 Å². The maximum atomic E-state index is 13.0. The van der Waals surface area contributed by atoms with Gasteiger partial charge in [0.2, 0.25) is 21.8 Å². The standard InChI is InChI=1S/C20H25ClN4O5S2/c1-3-4-5-10-16(26)13-8-6-7-9-15(13)25(18(28)11-17(22)27)20-24-14(19(21)31-20)12-23-32(2,29)30/h6-9,23H,3-5,10-12H2,1-2H3,(H2,22,27). The van der Waals surface area contributed by atoms with Crippen molar-refractivity contribution in [3.8, 4) is 0 Å². The Balaban J connectivity index is 2.49. The highest BCUT2D eigenvalue weighted by atomic mass is 35.5. The topological polar surface area (TPSA) is 140 Å². The Bertz CT molecular complexity index is 1100. The van der Waals surface area contributed by atoms with Crippen LogP contribution < -0.4 is 15.4 Å². The molecule has 0 fully saturated rings. The molecule has 32 heavy (non-hydrogen) atoms. The lowest BCUT2D eigenvalue weighted by Crippen LogP contribution is -2.31. The molecule has 0 aliphatic carbocycles. The average molecular weight is 501 g/mol. The van der Waals surface area contributed by atoms with Crippen LogP contribution in [0, 0.1) is 0 Å². The van der Waals surface area contributed by atoms with Gasteiger partial charge in [-0.2, -0.15) is 0 Å². The molecule has 0 atom stereocenters. The number of sulfonamides is 1. The van der Waals surface area contributed by atoms with Gasteiger partial charge in [-0.25, -0.2) is 18.1 Å². The second-order valence-electron chi connectivity index (χ2n) is 7.08. The number of hydrogen-bond donors (Lipinski definition) is 2. The van der Waals surface area contributed by atoms with Crippen LogP contribution in [0.2, 0.25) is 4.34 Å². The Morgan fingerprint density at radius 1 is 1.22 bits per heavy atom. The molecular formula is C20H25ClN4O5S2. The Hall–Kier alpha value is -2.34. The molecule has 1 aromatic heterocycles. The van der Waals surface area contributed by atoms with E-state index in [9.17, 15) is 22.8 Å². The summed E-state index contributed by atoms with van der Waals surface area (Å²) >= 11 is 7.15. The van der Waals surface area contributed by atoms with Crippen molar-refractivity contribution >= 4 is 61.4 Å².